The molecule has 21 heavy (non-hydrogen) atoms. The zero-order valence-corrected chi connectivity index (χ0v) is 13.7. The number of likely N-dealkylation sites (N-methyl/N-ethyl adjacent to an activating group) is 1. The molecule has 0 radical (unpaired) electrons. The Morgan fingerprint density at radius 1 is 1.24 bits per heavy atom. The zero-order chi connectivity index (χ0) is 15.9. The second-order valence-electron chi connectivity index (χ2n) is 5.90. The van der Waals surface area contributed by atoms with E-state index in [-0.39, 0.29) is 11.4 Å². The van der Waals surface area contributed by atoms with E-state index in [1.807, 2.05) is 12.1 Å². The molecule has 0 fully saturated rings. The van der Waals surface area contributed by atoms with Crippen molar-refractivity contribution in [1.29, 1.82) is 0 Å². The third kappa shape index (κ3) is 5.71. The van der Waals surface area contributed by atoms with Crippen molar-refractivity contribution >= 4 is 5.96 Å². The average molecular weight is 294 g/mol. The molecular formula is C16H27FN4. The van der Waals surface area contributed by atoms with Crippen LogP contribution in [0.25, 0.3) is 0 Å². The topological polar surface area (TPSA) is 39.7 Å². The van der Waals surface area contributed by atoms with Crippen molar-refractivity contribution in [2.45, 2.75) is 25.8 Å². The molecule has 118 valence electrons. The van der Waals surface area contributed by atoms with Gasteiger partial charge in [0.25, 0.3) is 0 Å². The number of benzene rings is 1. The number of guanidine groups is 1. The van der Waals surface area contributed by atoms with Gasteiger partial charge in [-0.2, -0.15) is 0 Å². The van der Waals surface area contributed by atoms with Crippen LogP contribution in [-0.2, 0) is 6.42 Å². The summed E-state index contributed by atoms with van der Waals surface area (Å²) in [4.78, 5) is 6.35. The molecular weight excluding hydrogens is 267 g/mol. The van der Waals surface area contributed by atoms with Crippen molar-refractivity contribution in [2.24, 2.45) is 4.99 Å². The molecule has 0 saturated carbocycles. The molecule has 1 aromatic rings. The summed E-state index contributed by atoms with van der Waals surface area (Å²) < 4.78 is 13.5. The Morgan fingerprint density at radius 3 is 2.48 bits per heavy atom. The lowest BCUT2D eigenvalue weighted by Crippen LogP contribution is -2.51. The molecule has 0 saturated heterocycles. The first-order valence-corrected chi connectivity index (χ1v) is 7.22. The fourth-order valence-electron chi connectivity index (χ4n) is 1.70. The van der Waals surface area contributed by atoms with Gasteiger partial charge < -0.3 is 15.5 Å². The van der Waals surface area contributed by atoms with Crippen LogP contribution in [0.4, 0.5) is 4.39 Å². The van der Waals surface area contributed by atoms with Crippen LogP contribution in [0.15, 0.2) is 29.3 Å². The molecule has 0 atom stereocenters. The molecule has 1 rings (SSSR count). The van der Waals surface area contributed by atoms with Gasteiger partial charge >= 0.3 is 0 Å². The molecule has 4 nitrogen and oxygen atoms in total. The Balaban J connectivity index is 2.41. The van der Waals surface area contributed by atoms with Gasteiger partial charge in [0.1, 0.15) is 5.82 Å². The maximum atomic E-state index is 13.5. The molecule has 1 aromatic carbocycles. The first kappa shape index (κ1) is 17.4. The van der Waals surface area contributed by atoms with Crippen molar-refractivity contribution in [1.82, 2.24) is 15.5 Å². The second kappa shape index (κ2) is 7.98. The fraction of sp³-hybridized carbons (Fsp3) is 0.562. The maximum absolute atomic E-state index is 13.5. The van der Waals surface area contributed by atoms with E-state index < -0.39 is 0 Å². The third-order valence-electron chi connectivity index (χ3n) is 3.77. The van der Waals surface area contributed by atoms with E-state index in [9.17, 15) is 4.39 Å². The number of nitrogens with one attached hydrogen (secondary N) is 2. The van der Waals surface area contributed by atoms with E-state index in [1.165, 1.54) is 6.07 Å². The highest BCUT2D eigenvalue weighted by atomic mass is 19.1. The molecule has 0 aliphatic heterocycles. The summed E-state index contributed by atoms with van der Waals surface area (Å²) in [5.41, 5.74) is 0.748. The van der Waals surface area contributed by atoms with E-state index in [1.54, 1.807) is 13.1 Å². The van der Waals surface area contributed by atoms with Gasteiger partial charge in [-0.05, 0) is 46.0 Å². The Kier molecular flexibility index (Phi) is 6.62. The molecule has 5 heteroatoms. The predicted octanol–water partition coefficient (Wildman–Crippen LogP) is 1.87. The zero-order valence-electron chi connectivity index (χ0n) is 13.7. The van der Waals surface area contributed by atoms with Crippen LogP contribution in [0, 0.1) is 5.82 Å². The Hall–Kier alpha value is -1.62. The van der Waals surface area contributed by atoms with Crippen LogP contribution in [0.2, 0.25) is 0 Å². The molecule has 2 N–H and O–H groups in total. The van der Waals surface area contributed by atoms with Crippen LogP contribution in [0.1, 0.15) is 19.4 Å². The summed E-state index contributed by atoms with van der Waals surface area (Å²) in [6.07, 6.45) is 0.629. The fourth-order valence-corrected chi connectivity index (χ4v) is 1.70. The minimum Gasteiger partial charge on any atom is -0.356 e. The predicted molar refractivity (Wildman–Crippen MR) is 87.2 cm³/mol. The molecule has 0 unspecified atom stereocenters. The minimum atomic E-state index is -0.156. The SMILES string of the molecule is CN=C(NCCc1ccccc1F)NCC(C)(C)N(C)C. The molecule has 0 spiro atoms. The Bertz CT molecular complexity index is 469. The summed E-state index contributed by atoms with van der Waals surface area (Å²) in [6, 6.07) is 6.85. The van der Waals surface area contributed by atoms with E-state index in [0.29, 0.717) is 18.5 Å². The number of rotatable bonds is 6. The third-order valence-corrected chi connectivity index (χ3v) is 3.77. The van der Waals surface area contributed by atoms with Crippen LogP contribution in [0.3, 0.4) is 0 Å². The number of hydrogen-bond donors (Lipinski definition) is 2. The van der Waals surface area contributed by atoms with Gasteiger partial charge in [0, 0.05) is 25.7 Å². The minimum absolute atomic E-state index is 0.0309. The quantitative estimate of drug-likeness (QED) is 0.621. The monoisotopic (exact) mass is 294 g/mol. The van der Waals surface area contributed by atoms with Gasteiger partial charge in [0.2, 0.25) is 0 Å². The highest BCUT2D eigenvalue weighted by Gasteiger charge is 2.20. The normalized spacial score (nSPS) is 12.6. The van der Waals surface area contributed by atoms with E-state index in [2.05, 4.69) is 48.5 Å². The number of aliphatic imine (C=N–C) groups is 1. The first-order chi connectivity index (χ1) is 9.86. The first-order valence-electron chi connectivity index (χ1n) is 7.22. The van der Waals surface area contributed by atoms with E-state index >= 15 is 0 Å². The lowest BCUT2D eigenvalue weighted by Gasteiger charge is -2.33. The van der Waals surface area contributed by atoms with E-state index in [0.717, 1.165) is 12.5 Å². The molecule has 0 bridgehead atoms. The van der Waals surface area contributed by atoms with Gasteiger partial charge in [-0.15, -0.1) is 0 Å². The van der Waals surface area contributed by atoms with Crippen LogP contribution >= 0.6 is 0 Å². The summed E-state index contributed by atoms with van der Waals surface area (Å²) in [7, 11) is 5.84. The average Bonchev–Trinajstić information content (AvgIpc) is 2.44. The maximum Gasteiger partial charge on any atom is 0.191 e. The highest BCUT2D eigenvalue weighted by Crippen LogP contribution is 2.08. The summed E-state index contributed by atoms with van der Waals surface area (Å²) >= 11 is 0. The second-order valence-corrected chi connectivity index (χ2v) is 5.90. The van der Waals surface area contributed by atoms with Crippen molar-refractivity contribution in [3.05, 3.63) is 35.6 Å². The highest BCUT2D eigenvalue weighted by molar-refractivity contribution is 5.79. The van der Waals surface area contributed by atoms with Gasteiger partial charge in [-0.1, -0.05) is 18.2 Å². The molecule has 0 heterocycles. The van der Waals surface area contributed by atoms with Crippen LogP contribution in [0.5, 0.6) is 0 Å². The number of hydrogen-bond acceptors (Lipinski definition) is 2. The summed E-state index contributed by atoms with van der Waals surface area (Å²) in [5, 5.41) is 6.51. The van der Waals surface area contributed by atoms with E-state index in [4.69, 9.17) is 0 Å². The summed E-state index contributed by atoms with van der Waals surface area (Å²) in [5.74, 6) is 0.581. The summed E-state index contributed by atoms with van der Waals surface area (Å²) in [6.45, 7) is 5.74. The van der Waals surface area contributed by atoms with Crippen molar-refractivity contribution in [3.63, 3.8) is 0 Å². The van der Waals surface area contributed by atoms with Gasteiger partial charge in [0.15, 0.2) is 5.96 Å². The standard InChI is InChI=1S/C16H27FN4/c1-16(2,21(4)5)12-20-15(18-3)19-11-10-13-8-6-7-9-14(13)17/h6-9H,10-12H2,1-5H3,(H2,18,19,20). The van der Waals surface area contributed by atoms with Crippen molar-refractivity contribution in [3.8, 4) is 0 Å². The molecule has 0 aliphatic carbocycles. The van der Waals surface area contributed by atoms with Gasteiger partial charge in [0.05, 0.1) is 0 Å². The lowest BCUT2D eigenvalue weighted by atomic mass is 10.0. The molecule has 0 aliphatic rings. The van der Waals surface area contributed by atoms with Gasteiger partial charge in [-0.3, -0.25) is 4.99 Å². The lowest BCUT2D eigenvalue weighted by molar-refractivity contribution is 0.197. The molecule has 0 aromatic heterocycles. The largest absolute Gasteiger partial charge is 0.356 e. The number of halogens is 1. The van der Waals surface area contributed by atoms with Crippen molar-refractivity contribution in [2.75, 3.05) is 34.2 Å². The number of nitrogens with zero attached hydrogens (tertiary/aromatic N) is 2. The molecule has 0 amide bonds. The Labute approximate surface area is 127 Å². The Morgan fingerprint density at radius 2 is 1.90 bits per heavy atom. The van der Waals surface area contributed by atoms with Crippen molar-refractivity contribution < 1.29 is 4.39 Å². The van der Waals surface area contributed by atoms with Crippen LogP contribution < -0.4 is 10.6 Å². The van der Waals surface area contributed by atoms with Gasteiger partial charge in [-0.25, -0.2) is 4.39 Å². The van der Waals surface area contributed by atoms with Crippen LogP contribution in [-0.4, -0.2) is 50.6 Å². The smallest absolute Gasteiger partial charge is 0.191 e.